The summed E-state index contributed by atoms with van der Waals surface area (Å²) < 4.78 is 18.9. The molecule has 28 heavy (non-hydrogen) atoms. The van der Waals surface area contributed by atoms with E-state index in [4.69, 9.17) is 4.74 Å². The molecule has 1 heterocycles. The number of carbonyl (C=O) groups excluding carboxylic acids is 2. The van der Waals surface area contributed by atoms with Crippen LogP contribution in [0.5, 0.6) is 5.75 Å². The van der Waals surface area contributed by atoms with Crippen molar-refractivity contribution in [2.75, 3.05) is 32.8 Å². The minimum Gasteiger partial charge on any atom is -0.484 e. The maximum Gasteiger partial charge on any atom is 0.260 e. The molecule has 2 amide bonds. The molecule has 0 radical (unpaired) electrons. The molecule has 1 saturated heterocycles. The van der Waals surface area contributed by atoms with Gasteiger partial charge in [0.2, 0.25) is 0 Å². The molecule has 0 aliphatic carbocycles. The predicted octanol–water partition coefficient (Wildman–Crippen LogP) is 3.14. The molecule has 6 heteroatoms. The van der Waals surface area contributed by atoms with Gasteiger partial charge in [0.15, 0.2) is 6.61 Å². The van der Waals surface area contributed by atoms with Crippen molar-refractivity contribution in [1.29, 1.82) is 0 Å². The monoisotopic (exact) mass is 384 g/mol. The molecule has 2 aromatic rings. The Morgan fingerprint density at radius 1 is 1.00 bits per heavy atom. The summed E-state index contributed by atoms with van der Waals surface area (Å²) in [6.07, 6.45) is 2.12. The number of hydrogen-bond acceptors (Lipinski definition) is 3. The van der Waals surface area contributed by atoms with Crippen LogP contribution in [-0.4, -0.2) is 54.4 Å². The summed E-state index contributed by atoms with van der Waals surface area (Å²) in [6.45, 7) is 3.84. The molecular formula is C22H25FN2O3. The zero-order valence-corrected chi connectivity index (χ0v) is 16.1. The van der Waals surface area contributed by atoms with E-state index in [1.54, 1.807) is 15.9 Å². The van der Waals surface area contributed by atoms with Gasteiger partial charge < -0.3 is 14.5 Å². The Balaban J connectivity index is 1.46. The fraction of sp³-hybridized carbons (Fsp3) is 0.364. The third-order valence-corrected chi connectivity index (χ3v) is 4.82. The van der Waals surface area contributed by atoms with Crippen molar-refractivity contribution < 1.29 is 18.7 Å². The van der Waals surface area contributed by atoms with E-state index >= 15 is 0 Å². The highest BCUT2D eigenvalue weighted by atomic mass is 19.1. The molecule has 1 fully saturated rings. The maximum atomic E-state index is 13.3. The van der Waals surface area contributed by atoms with Crippen molar-refractivity contribution in [1.82, 2.24) is 9.80 Å². The summed E-state index contributed by atoms with van der Waals surface area (Å²) in [5.41, 5.74) is 1.58. The average Bonchev–Trinajstić information content (AvgIpc) is 2.73. The van der Waals surface area contributed by atoms with Crippen molar-refractivity contribution in [2.45, 2.75) is 19.8 Å². The van der Waals surface area contributed by atoms with E-state index in [2.05, 4.69) is 6.92 Å². The number of carbonyl (C=O) groups is 2. The van der Waals surface area contributed by atoms with Gasteiger partial charge in [-0.2, -0.15) is 0 Å². The smallest absolute Gasteiger partial charge is 0.260 e. The Morgan fingerprint density at radius 2 is 1.68 bits per heavy atom. The Morgan fingerprint density at radius 3 is 2.32 bits per heavy atom. The molecule has 148 valence electrons. The fourth-order valence-corrected chi connectivity index (χ4v) is 3.24. The predicted molar refractivity (Wildman–Crippen MR) is 105 cm³/mol. The first-order valence-electron chi connectivity index (χ1n) is 9.61. The van der Waals surface area contributed by atoms with E-state index in [1.807, 2.05) is 24.3 Å². The van der Waals surface area contributed by atoms with Crippen LogP contribution in [-0.2, 0) is 11.2 Å². The standard InChI is InChI=1S/C22H25FN2O3/c1-2-4-17-7-9-20(10-8-17)28-16-21(26)24-11-13-25(14-12-24)22(27)18-5-3-6-19(23)15-18/h3,5-10,15H,2,4,11-14,16H2,1H3. The van der Waals surface area contributed by atoms with Crippen LogP contribution in [0.2, 0.25) is 0 Å². The van der Waals surface area contributed by atoms with Crippen LogP contribution in [0.25, 0.3) is 0 Å². The van der Waals surface area contributed by atoms with E-state index in [0.717, 1.165) is 12.8 Å². The Labute approximate surface area is 164 Å². The summed E-state index contributed by atoms with van der Waals surface area (Å²) in [7, 11) is 0. The molecule has 0 spiro atoms. The second-order valence-electron chi connectivity index (χ2n) is 6.87. The average molecular weight is 384 g/mol. The molecular weight excluding hydrogens is 359 g/mol. The van der Waals surface area contributed by atoms with Gasteiger partial charge in [-0.05, 0) is 42.3 Å². The number of amides is 2. The number of aryl methyl sites for hydroxylation is 1. The van der Waals surface area contributed by atoms with Crippen molar-refractivity contribution in [3.63, 3.8) is 0 Å². The second-order valence-corrected chi connectivity index (χ2v) is 6.87. The van der Waals surface area contributed by atoms with E-state index in [9.17, 15) is 14.0 Å². The first-order valence-corrected chi connectivity index (χ1v) is 9.61. The van der Waals surface area contributed by atoms with Gasteiger partial charge in [0.1, 0.15) is 11.6 Å². The quantitative estimate of drug-likeness (QED) is 0.769. The molecule has 1 aliphatic rings. The lowest BCUT2D eigenvalue weighted by molar-refractivity contribution is -0.134. The number of benzene rings is 2. The zero-order chi connectivity index (χ0) is 19.9. The number of hydrogen-bond donors (Lipinski definition) is 0. The SMILES string of the molecule is CCCc1ccc(OCC(=O)N2CCN(C(=O)c3cccc(F)c3)CC2)cc1. The van der Waals surface area contributed by atoms with E-state index in [1.165, 1.54) is 23.8 Å². The van der Waals surface area contributed by atoms with Gasteiger partial charge in [-0.3, -0.25) is 9.59 Å². The van der Waals surface area contributed by atoms with Crippen LogP contribution in [0.3, 0.4) is 0 Å². The van der Waals surface area contributed by atoms with Crippen molar-refractivity contribution in [3.05, 3.63) is 65.5 Å². The van der Waals surface area contributed by atoms with Gasteiger partial charge in [0.05, 0.1) is 0 Å². The summed E-state index contributed by atoms with van der Waals surface area (Å²) in [4.78, 5) is 28.2. The summed E-state index contributed by atoms with van der Waals surface area (Å²) in [6, 6.07) is 13.5. The normalized spacial score (nSPS) is 14.1. The van der Waals surface area contributed by atoms with Crippen LogP contribution < -0.4 is 4.74 Å². The molecule has 0 N–H and O–H groups in total. The Bertz CT molecular complexity index is 815. The van der Waals surface area contributed by atoms with Crippen LogP contribution in [0.4, 0.5) is 4.39 Å². The lowest BCUT2D eigenvalue weighted by Gasteiger charge is -2.34. The largest absolute Gasteiger partial charge is 0.484 e. The van der Waals surface area contributed by atoms with Gasteiger partial charge in [-0.25, -0.2) is 4.39 Å². The van der Waals surface area contributed by atoms with Crippen LogP contribution in [0, 0.1) is 5.82 Å². The zero-order valence-electron chi connectivity index (χ0n) is 16.1. The molecule has 5 nitrogen and oxygen atoms in total. The molecule has 0 aromatic heterocycles. The van der Waals surface area contributed by atoms with Crippen LogP contribution in [0.15, 0.2) is 48.5 Å². The van der Waals surface area contributed by atoms with Gasteiger partial charge in [-0.15, -0.1) is 0 Å². The molecule has 0 saturated carbocycles. The van der Waals surface area contributed by atoms with E-state index in [0.29, 0.717) is 37.5 Å². The summed E-state index contributed by atoms with van der Waals surface area (Å²) >= 11 is 0. The minimum atomic E-state index is -0.431. The van der Waals surface area contributed by atoms with E-state index < -0.39 is 5.82 Å². The van der Waals surface area contributed by atoms with Gasteiger partial charge in [0.25, 0.3) is 11.8 Å². The summed E-state index contributed by atoms with van der Waals surface area (Å²) in [5, 5.41) is 0. The van der Waals surface area contributed by atoms with Crippen molar-refractivity contribution in [2.24, 2.45) is 0 Å². The first kappa shape index (κ1) is 19.9. The van der Waals surface area contributed by atoms with Gasteiger partial charge in [-0.1, -0.05) is 31.5 Å². The molecule has 0 bridgehead atoms. The Kier molecular flexibility index (Phi) is 6.63. The molecule has 0 unspecified atom stereocenters. The highest BCUT2D eigenvalue weighted by Crippen LogP contribution is 2.14. The first-order chi connectivity index (χ1) is 13.6. The third kappa shape index (κ3) is 5.09. The number of rotatable bonds is 6. The molecule has 2 aromatic carbocycles. The van der Waals surface area contributed by atoms with Crippen molar-refractivity contribution >= 4 is 11.8 Å². The minimum absolute atomic E-state index is 0.0228. The molecule has 1 aliphatic heterocycles. The number of nitrogens with zero attached hydrogens (tertiary/aromatic N) is 2. The lowest BCUT2D eigenvalue weighted by Crippen LogP contribution is -2.51. The van der Waals surface area contributed by atoms with Gasteiger partial charge >= 0.3 is 0 Å². The lowest BCUT2D eigenvalue weighted by atomic mass is 10.1. The van der Waals surface area contributed by atoms with Gasteiger partial charge in [0, 0.05) is 31.7 Å². The van der Waals surface area contributed by atoms with Crippen LogP contribution >= 0.6 is 0 Å². The second kappa shape index (κ2) is 9.35. The highest BCUT2D eigenvalue weighted by molar-refractivity contribution is 5.94. The maximum absolute atomic E-state index is 13.3. The molecule has 3 rings (SSSR count). The Hall–Kier alpha value is -2.89. The number of piperazine rings is 1. The van der Waals surface area contributed by atoms with Crippen molar-refractivity contribution in [3.8, 4) is 5.75 Å². The molecule has 0 atom stereocenters. The number of halogens is 1. The fourth-order valence-electron chi connectivity index (χ4n) is 3.24. The third-order valence-electron chi connectivity index (χ3n) is 4.82. The number of ether oxygens (including phenoxy) is 1. The topological polar surface area (TPSA) is 49.9 Å². The highest BCUT2D eigenvalue weighted by Gasteiger charge is 2.25. The van der Waals surface area contributed by atoms with E-state index in [-0.39, 0.29) is 18.4 Å². The summed E-state index contributed by atoms with van der Waals surface area (Å²) in [5.74, 6) is -0.0711. The van der Waals surface area contributed by atoms with Crippen LogP contribution in [0.1, 0.15) is 29.3 Å².